The summed E-state index contributed by atoms with van der Waals surface area (Å²) in [4.78, 5) is 11.6. The van der Waals surface area contributed by atoms with Crippen LogP contribution in [-0.2, 0) is 6.61 Å². The average molecular weight is 258 g/mol. The smallest absolute Gasteiger partial charge is 0.165 e. The summed E-state index contributed by atoms with van der Waals surface area (Å²) in [6.07, 6.45) is 0.393. The molecule has 0 N–H and O–H groups in total. The van der Waals surface area contributed by atoms with Gasteiger partial charge >= 0.3 is 0 Å². The number of hydrogen-bond acceptors (Lipinski definition) is 2. The molecule has 2 aromatic carbocycles. The number of Topliss-reactive ketones (excluding diaryl/α,β-unsaturated/α-hetero) is 1. The molecule has 0 aliphatic carbocycles. The number of ketones is 1. The minimum atomic E-state index is -0.455. The third kappa shape index (κ3) is 3.41. The van der Waals surface area contributed by atoms with Crippen molar-refractivity contribution >= 4 is 5.78 Å². The minimum Gasteiger partial charge on any atom is -0.486 e. The second-order valence-electron chi connectivity index (χ2n) is 4.20. The number of hydrogen-bond donors (Lipinski definition) is 0. The van der Waals surface area contributed by atoms with E-state index in [4.69, 9.17) is 4.74 Å². The molecule has 2 aromatic rings. The van der Waals surface area contributed by atoms with Crippen LogP contribution in [0.4, 0.5) is 4.39 Å². The monoisotopic (exact) mass is 258 g/mol. The topological polar surface area (TPSA) is 26.3 Å². The Bertz CT molecular complexity index is 564. The zero-order valence-corrected chi connectivity index (χ0v) is 10.7. The van der Waals surface area contributed by atoms with Gasteiger partial charge < -0.3 is 4.74 Å². The van der Waals surface area contributed by atoms with Crippen molar-refractivity contribution in [1.29, 1.82) is 0 Å². The highest BCUT2D eigenvalue weighted by Crippen LogP contribution is 2.21. The van der Waals surface area contributed by atoms with Gasteiger partial charge in [-0.15, -0.1) is 0 Å². The maximum Gasteiger partial charge on any atom is 0.165 e. The van der Waals surface area contributed by atoms with E-state index < -0.39 is 5.82 Å². The Balaban J connectivity index is 2.13. The van der Waals surface area contributed by atoms with Gasteiger partial charge in [-0.2, -0.15) is 0 Å². The van der Waals surface area contributed by atoms with Gasteiger partial charge in [0.05, 0.1) is 0 Å². The number of carbonyl (C=O) groups excluding carboxylic acids is 1. The predicted molar refractivity (Wildman–Crippen MR) is 71.8 cm³/mol. The molecule has 98 valence electrons. The van der Waals surface area contributed by atoms with E-state index >= 15 is 0 Å². The average Bonchev–Trinajstić information content (AvgIpc) is 2.46. The summed E-state index contributed by atoms with van der Waals surface area (Å²) in [5.41, 5.74) is 1.43. The van der Waals surface area contributed by atoms with E-state index in [9.17, 15) is 9.18 Å². The summed E-state index contributed by atoms with van der Waals surface area (Å²) in [5.74, 6) is -0.365. The molecule has 0 saturated carbocycles. The molecule has 0 bridgehead atoms. The van der Waals surface area contributed by atoms with Crippen LogP contribution in [-0.4, -0.2) is 5.78 Å². The van der Waals surface area contributed by atoms with E-state index in [1.165, 1.54) is 18.2 Å². The first-order chi connectivity index (χ1) is 9.20. The zero-order valence-electron chi connectivity index (χ0n) is 10.7. The summed E-state index contributed by atoms with van der Waals surface area (Å²) in [6, 6.07) is 13.7. The van der Waals surface area contributed by atoms with Crippen LogP contribution in [0.2, 0.25) is 0 Å². The summed E-state index contributed by atoms with van der Waals surface area (Å²) >= 11 is 0. The largest absolute Gasteiger partial charge is 0.486 e. The normalized spacial score (nSPS) is 10.2. The van der Waals surface area contributed by atoms with E-state index in [0.717, 1.165) is 5.56 Å². The molecule has 0 aliphatic heterocycles. The van der Waals surface area contributed by atoms with Crippen molar-refractivity contribution in [2.45, 2.75) is 20.0 Å². The molecule has 0 heterocycles. The van der Waals surface area contributed by atoms with Gasteiger partial charge in [0.25, 0.3) is 0 Å². The Morgan fingerprint density at radius 1 is 1.16 bits per heavy atom. The quantitative estimate of drug-likeness (QED) is 0.758. The first kappa shape index (κ1) is 13.3. The van der Waals surface area contributed by atoms with Crippen molar-refractivity contribution < 1.29 is 13.9 Å². The second-order valence-corrected chi connectivity index (χ2v) is 4.20. The first-order valence-corrected chi connectivity index (χ1v) is 6.20. The lowest BCUT2D eigenvalue weighted by Crippen LogP contribution is -2.01. The molecule has 2 rings (SSSR count). The van der Waals surface area contributed by atoms with Crippen molar-refractivity contribution in [3.8, 4) is 5.75 Å². The number of rotatable bonds is 5. The molecule has 2 nitrogen and oxygen atoms in total. The zero-order chi connectivity index (χ0) is 13.7. The van der Waals surface area contributed by atoms with Gasteiger partial charge in [0.1, 0.15) is 6.61 Å². The lowest BCUT2D eigenvalue weighted by molar-refractivity contribution is 0.0987. The van der Waals surface area contributed by atoms with Gasteiger partial charge in [0.2, 0.25) is 0 Å². The van der Waals surface area contributed by atoms with Crippen LogP contribution in [0.5, 0.6) is 5.75 Å². The van der Waals surface area contributed by atoms with Gasteiger partial charge in [0, 0.05) is 12.0 Å². The highest BCUT2D eigenvalue weighted by atomic mass is 19.1. The molecular weight excluding hydrogens is 243 g/mol. The summed E-state index contributed by atoms with van der Waals surface area (Å²) in [6.45, 7) is 2.05. The van der Waals surface area contributed by atoms with E-state index in [1.54, 1.807) is 6.92 Å². The van der Waals surface area contributed by atoms with Crippen molar-refractivity contribution in [2.75, 3.05) is 0 Å². The third-order valence-corrected chi connectivity index (χ3v) is 2.81. The number of ether oxygens (including phenoxy) is 1. The molecule has 0 radical (unpaired) electrons. The van der Waals surface area contributed by atoms with Gasteiger partial charge in [-0.3, -0.25) is 4.79 Å². The molecule has 19 heavy (non-hydrogen) atoms. The Hall–Kier alpha value is -2.16. The van der Waals surface area contributed by atoms with Crippen molar-refractivity contribution in [1.82, 2.24) is 0 Å². The van der Waals surface area contributed by atoms with Crippen molar-refractivity contribution in [3.63, 3.8) is 0 Å². The predicted octanol–water partition coefficient (Wildman–Crippen LogP) is 4.00. The van der Waals surface area contributed by atoms with Crippen LogP contribution in [0.1, 0.15) is 29.3 Å². The van der Waals surface area contributed by atoms with Crippen LogP contribution < -0.4 is 4.74 Å². The van der Waals surface area contributed by atoms with Gasteiger partial charge in [-0.25, -0.2) is 4.39 Å². The number of benzene rings is 2. The fraction of sp³-hybridized carbons (Fsp3) is 0.188. The molecule has 0 spiro atoms. The Morgan fingerprint density at radius 2 is 1.89 bits per heavy atom. The fourth-order valence-corrected chi connectivity index (χ4v) is 1.73. The molecule has 0 atom stereocenters. The van der Waals surface area contributed by atoms with Gasteiger partial charge in [-0.1, -0.05) is 37.3 Å². The fourth-order valence-electron chi connectivity index (χ4n) is 1.73. The molecular formula is C16H15FO2. The summed E-state index contributed by atoms with van der Waals surface area (Å²) in [7, 11) is 0. The van der Waals surface area contributed by atoms with Crippen LogP contribution in [0.15, 0.2) is 48.5 Å². The first-order valence-electron chi connectivity index (χ1n) is 6.20. The lowest BCUT2D eigenvalue weighted by atomic mass is 10.1. The van der Waals surface area contributed by atoms with Crippen molar-refractivity contribution in [3.05, 3.63) is 65.5 Å². The van der Waals surface area contributed by atoms with Crippen LogP contribution in [0, 0.1) is 5.82 Å². The standard InChI is InChI=1S/C16H15FO2/c1-2-15(18)13-8-9-14(17)16(10-13)19-11-12-6-4-3-5-7-12/h3-10H,2,11H2,1H3. The molecule has 3 heteroatoms. The van der Waals surface area contributed by atoms with Crippen LogP contribution >= 0.6 is 0 Å². The second kappa shape index (κ2) is 6.14. The van der Waals surface area contributed by atoms with Gasteiger partial charge in [-0.05, 0) is 23.8 Å². The van der Waals surface area contributed by atoms with E-state index in [1.807, 2.05) is 30.3 Å². The van der Waals surface area contributed by atoms with Gasteiger partial charge in [0.15, 0.2) is 17.3 Å². The molecule has 0 aliphatic rings. The highest BCUT2D eigenvalue weighted by Gasteiger charge is 2.09. The number of carbonyl (C=O) groups is 1. The maximum absolute atomic E-state index is 13.6. The Morgan fingerprint density at radius 3 is 2.58 bits per heavy atom. The summed E-state index contributed by atoms with van der Waals surface area (Å²) in [5, 5.41) is 0. The third-order valence-electron chi connectivity index (χ3n) is 2.81. The van der Waals surface area contributed by atoms with Crippen molar-refractivity contribution in [2.24, 2.45) is 0 Å². The number of halogens is 1. The Labute approximate surface area is 111 Å². The lowest BCUT2D eigenvalue weighted by Gasteiger charge is -2.08. The highest BCUT2D eigenvalue weighted by molar-refractivity contribution is 5.96. The molecule has 0 unspecified atom stereocenters. The summed E-state index contributed by atoms with van der Waals surface area (Å²) < 4.78 is 19.0. The van der Waals surface area contributed by atoms with E-state index in [2.05, 4.69) is 0 Å². The van der Waals surface area contributed by atoms with Crippen LogP contribution in [0.25, 0.3) is 0 Å². The Kier molecular flexibility index (Phi) is 4.29. The molecule has 0 fully saturated rings. The van der Waals surface area contributed by atoms with E-state index in [0.29, 0.717) is 12.0 Å². The molecule has 0 amide bonds. The molecule has 0 saturated heterocycles. The molecule has 0 aromatic heterocycles. The SMILES string of the molecule is CCC(=O)c1ccc(F)c(OCc2ccccc2)c1. The van der Waals surface area contributed by atoms with Crippen LogP contribution in [0.3, 0.4) is 0 Å². The minimum absolute atomic E-state index is 0.0236. The maximum atomic E-state index is 13.6. The van der Waals surface area contributed by atoms with E-state index in [-0.39, 0.29) is 18.1 Å².